The lowest BCUT2D eigenvalue weighted by Crippen LogP contribution is -2.29. The molecule has 1 saturated carbocycles. The van der Waals surface area contributed by atoms with Gasteiger partial charge in [0.1, 0.15) is 0 Å². The van der Waals surface area contributed by atoms with Gasteiger partial charge in [-0.2, -0.15) is 0 Å². The quantitative estimate of drug-likeness (QED) is 0.909. The molecule has 0 bridgehead atoms. The Morgan fingerprint density at radius 1 is 1.28 bits per heavy atom. The molecule has 1 aromatic carbocycles. The number of piperidine rings is 1. The third-order valence-corrected chi connectivity index (χ3v) is 5.21. The van der Waals surface area contributed by atoms with E-state index in [2.05, 4.69) is 46.1 Å². The first-order chi connectivity index (χ1) is 8.58. The van der Waals surface area contributed by atoms with E-state index in [9.17, 15) is 0 Å². The molecule has 2 aliphatic rings. The summed E-state index contributed by atoms with van der Waals surface area (Å²) in [6.07, 6.45) is 4.80. The third kappa shape index (κ3) is 2.36. The lowest BCUT2D eigenvalue weighted by molar-refractivity contribution is 0.255. The van der Waals surface area contributed by atoms with Crippen LogP contribution in [0.25, 0.3) is 0 Å². The lowest BCUT2D eigenvalue weighted by atomic mass is 9.88. The number of nitrogens with zero attached hydrogens (tertiary/aromatic N) is 1. The summed E-state index contributed by atoms with van der Waals surface area (Å²) in [5, 5.41) is 0. The molecule has 0 radical (unpaired) electrons. The first-order valence-electron chi connectivity index (χ1n) is 6.86. The first kappa shape index (κ1) is 12.6. The van der Waals surface area contributed by atoms with Gasteiger partial charge in [0, 0.05) is 10.0 Å². The number of rotatable bonds is 2. The number of hydrogen-bond donors (Lipinski definition) is 1. The Morgan fingerprint density at radius 3 is 2.50 bits per heavy atom. The van der Waals surface area contributed by atoms with Crippen LogP contribution in [0.2, 0.25) is 0 Å². The zero-order chi connectivity index (χ0) is 12.8. The van der Waals surface area contributed by atoms with Gasteiger partial charge in [-0.25, -0.2) is 0 Å². The minimum Gasteiger partial charge on any atom is -0.321 e. The number of hydrogen-bond acceptors (Lipinski definition) is 2. The van der Waals surface area contributed by atoms with Crippen LogP contribution in [0, 0.1) is 0 Å². The molecule has 1 saturated heterocycles. The maximum absolute atomic E-state index is 6.26. The highest BCUT2D eigenvalue weighted by atomic mass is 79.9. The van der Waals surface area contributed by atoms with Gasteiger partial charge in [0.2, 0.25) is 0 Å². The highest BCUT2D eigenvalue weighted by Gasteiger charge is 2.40. The van der Waals surface area contributed by atoms with E-state index in [0.717, 1.165) is 12.8 Å². The van der Waals surface area contributed by atoms with E-state index < -0.39 is 0 Å². The van der Waals surface area contributed by atoms with E-state index in [1.807, 2.05) is 0 Å². The van der Waals surface area contributed by atoms with Crippen molar-refractivity contribution in [2.45, 2.75) is 37.1 Å². The molecule has 0 spiro atoms. The average Bonchev–Trinajstić information content (AvgIpc) is 3.10. The fourth-order valence-corrected chi connectivity index (χ4v) is 3.61. The fraction of sp³-hybridized carbons (Fsp3) is 0.600. The van der Waals surface area contributed by atoms with E-state index in [1.165, 1.54) is 41.5 Å². The molecule has 0 amide bonds. The van der Waals surface area contributed by atoms with Crippen molar-refractivity contribution < 1.29 is 0 Å². The molecule has 2 fully saturated rings. The van der Waals surface area contributed by atoms with Crippen LogP contribution < -0.4 is 5.73 Å². The summed E-state index contributed by atoms with van der Waals surface area (Å²) in [7, 11) is 2.21. The van der Waals surface area contributed by atoms with Crippen molar-refractivity contribution in [3.8, 4) is 0 Å². The average molecular weight is 309 g/mol. The van der Waals surface area contributed by atoms with Gasteiger partial charge < -0.3 is 10.6 Å². The van der Waals surface area contributed by atoms with Crippen molar-refractivity contribution in [2.24, 2.45) is 5.73 Å². The van der Waals surface area contributed by atoms with Crippen LogP contribution in [0.5, 0.6) is 0 Å². The van der Waals surface area contributed by atoms with Crippen molar-refractivity contribution in [3.05, 3.63) is 33.8 Å². The van der Waals surface area contributed by atoms with E-state index in [0.29, 0.717) is 5.92 Å². The highest BCUT2D eigenvalue weighted by Crippen LogP contribution is 2.44. The number of benzene rings is 1. The molecule has 0 unspecified atom stereocenters. The molecule has 1 aliphatic heterocycles. The Balaban J connectivity index is 1.80. The van der Waals surface area contributed by atoms with Crippen LogP contribution in [0.4, 0.5) is 0 Å². The second-order valence-electron chi connectivity index (χ2n) is 5.97. The maximum atomic E-state index is 6.26. The summed E-state index contributed by atoms with van der Waals surface area (Å²) in [6, 6.07) is 6.79. The van der Waals surface area contributed by atoms with Gasteiger partial charge >= 0.3 is 0 Å². The van der Waals surface area contributed by atoms with Crippen LogP contribution in [0.1, 0.15) is 42.7 Å². The predicted molar refractivity (Wildman–Crippen MR) is 78.7 cm³/mol. The molecule has 0 aromatic heterocycles. The van der Waals surface area contributed by atoms with Crippen molar-refractivity contribution in [1.82, 2.24) is 4.90 Å². The fourth-order valence-electron chi connectivity index (χ4n) is 2.91. The smallest absolute Gasteiger partial charge is 0.0411 e. The Hall–Kier alpha value is -0.380. The molecule has 3 heteroatoms. The van der Waals surface area contributed by atoms with Crippen LogP contribution in [-0.2, 0) is 5.54 Å². The van der Waals surface area contributed by atoms with Crippen LogP contribution in [-0.4, -0.2) is 25.0 Å². The van der Waals surface area contributed by atoms with Gasteiger partial charge in [-0.15, -0.1) is 0 Å². The zero-order valence-electron chi connectivity index (χ0n) is 11.0. The van der Waals surface area contributed by atoms with Crippen LogP contribution >= 0.6 is 15.9 Å². The van der Waals surface area contributed by atoms with Crippen LogP contribution in [0.15, 0.2) is 22.7 Å². The molecule has 0 atom stereocenters. The van der Waals surface area contributed by atoms with Crippen LogP contribution in [0.3, 0.4) is 0 Å². The van der Waals surface area contributed by atoms with Crippen molar-refractivity contribution in [3.63, 3.8) is 0 Å². The largest absolute Gasteiger partial charge is 0.321 e. The number of likely N-dealkylation sites (tertiary alicyclic amines) is 1. The standard InChI is InChI=1S/C15H21BrN2/c1-18-8-4-11(5-9-18)13-3-2-12(10-14(13)16)15(17)6-7-15/h2-3,10-11H,4-9,17H2,1H3. The Kier molecular flexibility index (Phi) is 3.25. The molecule has 2 nitrogen and oxygen atoms in total. The van der Waals surface area contributed by atoms with E-state index in [-0.39, 0.29) is 5.54 Å². The van der Waals surface area contributed by atoms with E-state index in [4.69, 9.17) is 5.73 Å². The Labute approximate surface area is 118 Å². The second kappa shape index (κ2) is 4.62. The molecular formula is C15H21BrN2. The van der Waals surface area contributed by atoms with Gasteiger partial charge in [-0.05, 0) is 68.9 Å². The van der Waals surface area contributed by atoms with Gasteiger partial charge in [-0.3, -0.25) is 0 Å². The molecule has 2 N–H and O–H groups in total. The second-order valence-corrected chi connectivity index (χ2v) is 6.82. The minimum atomic E-state index is -0.0200. The maximum Gasteiger partial charge on any atom is 0.0411 e. The molecule has 3 rings (SSSR count). The first-order valence-corrected chi connectivity index (χ1v) is 7.65. The van der Waals surface area contributed by atoms with Gasteiger partial charge in [0.15, 0.2) is 0 Å². The van der Waals surface area contributed by atoms with Crippen molar-refractivity contribution in [2.75, 3.05) is 20.1 Å². The SMILES string of the molecule is CN1CCC(c2ccc(C3(N)CC3)cc2Br)CC1. The number of nitrogens with two attached hydrogens (primary N) is 1. The molecule has 1 heterocycles. The summed E-state index contributed by atoms with van der Waals surface area (Å²) in [5.74, 6) is 0.706. The lowest BCUT2D eigenvalue weighted by Gasteiger charge is -2.30. The van der Waals surface area contributed by atoms with Gasteiger partial charge in [0.05, 0.1) is 0 Å². The summed E-state index contributed by atoms with van der Waals surface area (Å²) in [6.45, 7) is 2.42. The normalized spacial score (nSPS) is 24.2. The van der Waals surface area contributed by atoms with E-state index in [1.54, 1.807) is 0 Å². The van der Waals surface area contributed by atoms with E-state index >= 15 is 0 Å². The monoisotopic (exact) mass is 308 g/mol. The third-order valence-electron chi connectivity index (χ3n) is 4.52. The summed E-state index contributed by atoms with van der Waals surface area (Å²) >= 11 is 3.75. The molecule has 1 aliphatic carbocycles. The molecular weight excluding hydrogens is 288 g/mol. The molecule has 1 aromatic rings. The van der Waals surface area contributed by atoms with Gasteiger partial charge in [0.25, 0.3) is 0 Å². The summed E-state index contributed by atoms with van der Waals surface area (Å²) in [4.78, 5) is 2.41. The van der Waals surface area contributed by atoms with Gasteiger partial charge in [-0.1, -0.05) is 28.1 Å². The van der Waals surface area contributed by atoms with Crippen molar-refractivity contribution in [1.29, 1.82) is 0 Å². The number of halogens is 1. The summed E-state index contributed by atoms with van der Waals surface area (Å²) < 4.78 is 1.26. The minimum absolute atomic E-state index is 0.0200. The topological polar surface area (TPSA) is 29.3 Å². The highest BCUT2D eigenvalue weighted by molar-refractivity contribution is 9.10. The zero-order valence-corrected chi connectivity index (χ0v) is 12.5. The Bertz CT molecular complexity index is 446. The predicted octanol–water partition coefficient (Wildman–Crippen LogP) is 3.21. The molecule has 98 valence electrons. The van der Waals surface area contributed by atoms with Crippen molar-refractivity contribution >= 4 is 15.9 Å². The Morgan fingerprint density at radius 2 is 1.94 bits per heavy atom. The molecule has 18 heavy (non-hydrogen) atoms. The summed E-state index contributed by atoms with van der Waals surface area (Å²) in [5.41, 5.74) is 9.00.